The molecule has 1 aromatic rings. The molecule has 26 heavy (non-hydrogen) atoms. The van der Waals surface area contributed by atoms with Crippen LogP contribution in [0, 0.1) is 0 Å². The molecule has 5 nitrogen and oxygen atoms in total. The number of ether oxygens (including phenoxy) is 2. The van der Waals surface area contributed by atoms with Crippen LogP contribution in [-0.4, -0.2) is 45.0 Å². The molecule has 0 aliphatic rings. The minimum Gasteiger partial charge on any atom is -0.494 e. The topological polar surface area (TPSA) is 54.9 Å². The predicted octanol–water partition coefficient (Wildman–Crippen LogP) is 3.73. The minimum atomic E-state index is -4.28. The van der Waals surface area contributed by atoms with E-state index in [0.29, 0.717) is 38.6 Å². The maximum Gasteiger partial charge on any atom is 0.411 e. The highest BCUT2D eigenvalue weighted by atomic mass is 127. The summed E-state index contributed by atoms with van der Waals surface area (Å²) in [5.41, 5.74) is 0.968. The quantitative estimate of drug-likeness (QED) is 0.228. The van der Waals surface area contributed by atoms with Crippen molar-refractivity contribution >= 4 is 29.9 Å². The van der Waals surface area contributed by atoms with E-state index in [1.165, 1.54) is 0 Å². The molecule has 0 bridgehead atoms. The van der Waals surface area contributed by atoms with Gasteiger partial charge in [0.25, 0.3) is 0 Å². The summed E-state index contributed by atoms with van der Waals surface area (Å²) in [5.74, 6) is 1.40. The Balaban J connectivity index is 0.00000625. The van der Waals surface area contributed by atoms with Gasteiger partial charge in [-0.2, -0.15) is 13.2 Å². The van der Waals surface area contributed by atoms with Crippen molar-refractivity contribution < 1.29 is 22.6 Å². The maximum absolute atomic E-state index is 12.0. The van der Waals surface area contributed by atoms with E-state index in [9.17, 15) is 13.2 Å². The first-order chi connectivity index (χ1) is 12.0. The zero-order valence-corrected chi connectivity index (χ0v) is 17.4. The number of hydrogen-bond donors (Lipinski definition) is 2. The van der Waals surface area contributed by atoms with Crippen molar-refractivity contribution in [2.45, 2.75) is 33.0 Å². The Kier molecular flexibility index (Phi) is 13.2. The van der Waals surface area contributed by atoms with Crippen molar-refractivity contribution in [3.8, 4) is 5.75 Å². The summed E-state index contributed by atoms with van der Waals surface area (Å²) in [6.07, 6.45) is -3.83. The first kappa shape index (κ1) is 24.8. The molecule has 9 heteroatoms. The van der Waals surface area contributed by atoms with E-state index >= 15 is 0 Å². The Hall–Kier alpha value is -1.23. The monoisotopic (exact) mass is 489 g/mol. The largest absolute Gasteiger partial charge is 0.494 e. The summed E-state index contributed by atoms with van der Waals surface area (Å²) in [5, 5.41) is 6.17. The van der Waals surface area contributed by atoms with Crippen LogP contribution in [0.4, 0.5) is 13.2 Å². The summed E-state index contributed by atoms with van der Waals surface area (Å²) in [7, 11) is 0. The van der Waals surface area contributed by atoms with Gasteiger partial charge in [-0.1, -0.05) is 18.2 Å². The fourth-order valence-corrected chi connectivity index (χ4v) is 2.01. The Morgan fingerprint density at radius 1 is 1.15 bits per heavy atom. The van der Waals surface area contributed by atoms with Gasteiger partial charge in [-0.15, -0.1) is 24.0 Å². The van der Waals surface area contributed by atoms with Gasteiger partial charge >= 0.3 is 6.18 Å². The van der Waals surface area contributed by atoms with Crippen LogP contribution in [0.15, 0.2) is 29.3 Å². The van der Waals surface area contributed by atoms with Gasteiger partial charge < -0.3 is 20.1 Å². The number of rotatable bonds is 10. The molecular weight excluding hydrogens is 462 g/mol. The SMILES string of the molecule is CCNC(=NCc1ccccc1OCC)NCCCOCC(F)(F)F.I. The van der Waals surface area contributed by atoms with E-state index in [1.54, 1.807) is 0 Å². The highest BCUT2D eigenvalue weighted by Gasteiger charge is 2.27. The fraction of sp³-hybridized carbons (Fsp3) is 0.588. The van der Waals surface area contributed by atoms with Crippen molar-refractivity contribution in [1.82, 2.24) is 10.6 Å². The Bertz CT molecular complexity index is 528. The average Bonchev–Trinajstić information content (AvgIpc) is 2.56. The fourth-order valence-electron chi connectivity index (χ4n) is 2.01. The molecule has 0 aliphatic carbocycles. The summed E-state index contributed by atoms with van der Waals surface area (Å²) in [4.78, 5) is 4.48. The Morgan fingerprint density at radius 3 is 2.54 bits per heavy atom. The third-order valence-corrected chi connectivity index (χ3v) is 3.05. The summed E-state index contributed by atoms with van der Waals surface area (Å²) in [6.45, 7) is 4.87. The number of para-hydroxylation sites is 1. The van der Waals surface area contributed by atoms with Crippen LogP contribution in [0.2, 0.25) is 0 Å². The normalized spacial score (nSPS) is 11.7. The molecule has 0 radical (unpaired) electrons. The van der Waals surface area contributed by atoms with E-state index < -0.39 is 12.8 Å². The molecule has 0 amide bonds. The lowest BCUT2D eigenvalue weighted by atomic mass is 10.2. The number of benzene rings is 1. The molecule has 0 spiro atoms. The van der Waals surface area contributed by atoms with Gasteiger partial charge in [0.1, 0.15) is 12.4 Å². The van der Waals surface area contributed by atoms with E-state index in [0.717, 1.165) is 11.3 Å². The molecule has 0 unspecified atom stereocenters. The van der Waals surface area contributed by atoms with Crippen molar-refractivity contribution in [1.29, 1.82) is 0 Å². The zero-order chi connectivity index (χ0) is 18.5. The first-order valence-corrected chi connectivity index (χ1v) is 8.33. The van der Waals surface area contributed by atoms with Gasteiger partial charge in [0.15, 0.2) is 5.96 Å². The standard InChI is InChI=1S/C17H26F3N3O2.HI/c1-3-21-16(22-10-7-11-24-13-17(18,19)20)23-12-14-8-5-6-9-15(14)25-4-2;/h5-6,8-9H,3-4,7,10-13H2,1-2H3,(H2,21,22,23);1H. The molecule has 0 atom stereocenters. The van der Waals surface area contributed by atoms with Crippen LogP contribution in [-0.2, 0) is 11.3 Å². The molecule has 2 N–H and O–H groups in total. The first-order valence-electron chi connectivity index (χ1n) is 8.33. The molecule has 150 valence electrons. The number of nitrogens with one attached hydrogen (secondary N) is 2. The molecule has 1 aromatic carbocycles. The summed E-state index contributed by atoms with van der Waals surface area (Å²) < 4.78 is 46.0. The predicted molar refractivity (Wildman–Crippen MR) is 107 cm³/mol. The van der Waals surface area contributed by atoms with Crippen molar-refractivity contribution in [3.05, 3.63) is 29.8 Å². The highest BCUT2D eigenvalue weighted by Crippen LogP contribution is 2.18. The second kappa shape index (κ2) is 13.9. The van der Waals surface area contributed by atoms with Crippen LogP contribution in [0.5, 0.6) is 5.75 Å². The zero-order valence-electron chi connectivity index (χ0n) is 15.1. The lowest BCUT2D eigenvalue weighted by Crippen LogP contribution is -2.38. The van der Waals surface area contributed by atoms with Gasteiger partial charge in [-0.25, -0.2) is 4.99 Å². The molecule has 1 rings (SSSR count). The number of halogens is 4. The smallest absolute Gasteiger partial charge is 0.411 e. The summed E-state index contributed by atoms with van der Waals surface area (Å²) >= 11 is 0. The molecule has 0 aliphatic heterocycles. The van der Waals surface area contributed by atoms with E-state index in [-0.39, 0.29) is 30.6 Å². The number of aliphatic imine (C=N–C) groups is 1. The van der Waals surface area contributed by atoms with E-state index in [2.05, 4.69) is 20.4 Å². The van der Waals surface area contributed by atoms with Crippen LogP contribution in [0.1, 0.15) is 25.8 Å². The van der Waals surface area contributed by atoms with E-state index in [4.69, 9.17) is 4.74 Å². The Labute approximate surface area is 169 Å². The lowest BCUT2D eigenvalue weighted by molar-refractivity contribution is -0.173. The lowest BCUT2D eigenvalue weighted by Gasteiger charge is -2.13. The van der Waals surface area contributed by atoms with Crippen LogP contribution < -0.4 is 15.4 Å². The maximum atomic E-state index is 12.0. The third-order valence-electron chi connectivity index (χ3n) is 3.05. The molecule has 0 saturated heterocycles. The average molecular weight is 489 g/mol. The molecule has 0 fully saturated rings. The third kappa shape index (κ3) is 11.4. The molecule has 0 aromatic heterocycles. The van der Waals surface area contributed by atoms with Crippen molar-refractivity contribution in [3.63, 3.8) is 0 Å². The van der Waals surface area contributed by atoms with Gasteiger partial charge in [-0.05, 0) is 26.3 Å². The second-order valence-electron chi connectivity index (χ2n) is 5.18. The van der Waals surface area contributed by atoms with Crippen LogP contribution >= 0.6 is 24.0 Å². The number of alkyl halides is 3. The van der Waals surface area contributed by atoms with E-state index in [1.807, 2.05) is 38.1 Å². The molecular formula is C17H27F3IN3O2. The second-order valence-corrected chi connectivity index (χ2v) is 5.18. The summed E-state index contributed by atoms with van der Waals surface area (Å²) in [6, 6.07) is 7.67. The van der Waals surface area contributed by atoms with Crippen LogP contribution in [0.25, 0.3) is 0 Å². The highest BCUT2D eigenvalue weighted by molar-refractivity contribution is 14.0. The number of nitrogens with zero attached hydrogens (tertiary/aromatic N) is 1. The molecule has 0 heterocycles. The van der Waals surface area contributed by atoms with Gasteiger partial charge in [0.05, 0.1) is 13.2 Å². The number of hydrogen-bond acceptors (Lipinski definition) is 3. The van der Waals surface area contributed by atoms with Crippen LogP contribution in [0.3, 0.4) is 0 Å². The Morgan fingerprint density at radius 2 is 1.88 bits per heavy atom. The van der Waals surface area contributed by atoms with Crippen molar-refractivity contribution in [2.75, 3.05) is 32.9 Å². The van der Waals surface area contributed by atoms with Gasteiger partial charge in [0.2, 0.25) is 0 Å². The minimum absolute atomic E-state index is 0. The van der Waals surface area contributed by atoms with Crippen molar-refractivity contribution in [2.24, 2.45) is 4.99 Å². The number of guanidine groups is 1. The van der Waals surface area contributed by atoms with Gasteiger partial charge in [-0.3, -0.25) is 0 Å². The molecule has 0 saturated carbocycles. The van der Waals surface area contributed by atoms with Gasteiger partial charge in [0, 0.05) is 25.3 Å².